The van der Waals surface area contributed by atoms with Crippen LogP contribution in [0.1, 0.15) is 27.7 Å². The number of ether oxygens (including phenoxy) is 1. The van der Waals surface area contributed by atoms with Gasteiger partial charge in [0.25, 0.3) is 0 Å². The van der Waals surface area contributed by atoms with E-state index < -0.39 is 5.60 Å². The van der Waals surface area contributed by atoms with Crippen molar-refractivity contribution in [3.8, 4) is 0 Å². The molecule has 88 valence electrons. The SMILES string of the molecule is C=CCN(CC)N(C)C(=O)OC(C)(C)C. The highest BCUT2D eigenvalue weighted by Crippen LogP contribution is 2.10. The number of hydrogen-bond acceptors (Lipinski definition) is 3. The second-order valence-corrected chi connectivity index (χ2v) is 4.30. The Bertz CT molecular complexity index is 221. The second kappa shape index (κ2) is 5.75. The highest BCUT2D eigenvalue weighted by atomic mass is 16.6. The maximum absolute atomic E-state index is 11.7. The van der Waals surface area contributed by atoms with Crippen molar-refractivity contribution >= 4 is 6.09 Å². The predicted octanol–water partition coefficient (Wildman–Crippen LogP) is 2.28. The van der Waals surface area contributed by atoms with Gasteiger partial charge in [0.1, 0.15) is 5.60 Å². The molecule has 0 aromatic heterocycles. The van der Waals surface area contributed by atoms with E-state index in [0.29, 0.717) is 6.54 Å². The number of likely N-dealkylation sites (N-methyl/N-ethyl adjacent to an activating group) is 1. The minimum absolute atomic E-state index is 0.341. The van der Waals surface area contributed by atoms with Crippen molar-refractivity contribution in [2.75, 3.05) is 20.1 Å². The maximum atomic E-state index is 11.7. The molecule has 0 atom stereocenters. The van der Waals surface area contributed by atoms with Gasteiger partial charge < -0.3 is 4.74 Å². The number of rotatable bonds is 4. The zero-order valence-electron chi connectivity index (χ0n) is 10.4. The van der Waals surface area contributed by atoms with Gasteiger partial charge in [0, 0.05) is 20.1 Å². The topological polar surface area (TPSA) is 32.8 Å². The zero-order valence-corrected chi connectivity index (χ0v) is 10.4. The number of hydrazine groups is 1. The molecule has 0 aliphatic heterocycles. The summed E-state index contributed by atoms with van der Waals surface area (Å²) in [6, 6.07) is 0. The molecule has 0 N–H and O–H groups in total. The Balaban J connectivity index is 4.34. The largest absolute Gasteiger partial charge is 0.443 e. The first kappa shape index (κ1) is 14.0. The van der Waals surface area contributed by atoms with Gasteiger partial charge in [-0.2, -0.15) is 0 Å². The van der Waals surface area contributed by atoms with E-state index >= 15 is 0 Å². The predicted molar refractivity (Wildman–Crippen MR) is 61.4 cm³/mol. The van der Waals surface area contributed by atoms with Gasteiger partial charge in [0.05, 0.1) is 0 Å². The molecule has 0 saturated carbocycles. The molecular formula is C11H22N2O2. The Morgan fingerprint density at radius 2 is 2.00 bits per heavy atom. The third kappa shape index (κ3) is 5.42. The third-order valence-electron chi connectivity index (χ3n) is 1.79. The molecule has 0 spiro atoms. The van der Waals surface area contributed by atoms with Crippen molar-refractivity contribution in [3.05, 3.63) is 12.7 Å². The lowest BCUT2D eigenvalue weighted by Crippen LogP contribution is -2.46. The molecule has 0 bridgehead atoms. The molecular weight excluding hydrogens is 192 g/mol. The fraction of sp³-hybridized carbons (Fsp3) is 0.727. The number of carbonyl (C=O) groups is 1. The quantitative estimate of drug-likeness (QED) is 0.531. The Morgan fingerprint density at radius 3 is 2.33 bits per heavy atom. The van der Waals surface area contributed by atoms with Gasteiger partial charge >= 0.3 is 6.09 Å². The molecule has 1 amide bonds. The summed E-state index contributed by atoms with van der Waals surface area (Å²) in [5.74, 6) is 0. The van der Waals surface area contributed by atoms with Crippen LogP contribution in [0.25, 0.3) is 0 Å². The first-order valence-electron chi connectivity index (χ1n) is 5.14. The van der Waals surface area contributed by atoms with E-state index in [2.05, 4.69) is 6.58 Å². The summed E-state index contributed by atoms with van der Waals surface area (Å²) in [5.41, 5.74) is -0.459. The molecule has 15 heavy (non-hydrogen) atoms. The minimum atomic E-state index is -0.459. The van der Waals surface area contributed by atoms with Crippen LogP contribution in [0, 0.1) is 0 Å². The third-order valence-corrected chi connectivity index (χ3v) is 1.79. The van der Waals surface area contributed by atoms with Crippen molar-refractivity contribution < 1.29 is 9.53 Å². The van der Waals surface area contributed by atoms with E-state index in [0.717, 1.165) is 6.54 Å². The van der Waals surface area contributed by atoms with Crippen LogP contribution in [-0.2, 0) is 4.74 Å². The molecule has 0 saturated heterocycles. The van der Waals surface area contributed by atoms with Crippen molar-refractivity contribution in [1.29, 1.82) is 0 Å². The van der Waals surface area contributed by atoms with Crippen LogP contribution in [0.3, 0.4) is 0 Å². The summed E-state index contributed by atoms with van der Waals surface area (Å²) in [7, 11) is 1.70. The summed E-state index contributed by atoms with van der Waals surface area (Å²) < 4.78 is 5.24. The Hall–Kier alpha value is -1.03. The van der Waals surface area contributed by atoms with Crippen LogP contribution < -0.4 is 0 Å². The van der Waals surface area contributed by atoms with Gasteiger partial charge in [0.2, 0.25) is 0 Å². The van der Waals surface area contributed by atoms with Crippen LogP contribution in [0.5, 0.6) is 0 Å². The van der Waals surface area contributed by atoms with Crippen LogP contribution in [0.15, 0.2) is 12.7 Å². The molecule has 0 aliphatic rings. The van der Waals surface area contributed by atoms with Gasteiger partial charge in [-0.15, -0.1) is 6.58 Å². The zero-order chi connectivity index (χ0) is 12.1. The lowest BCUT2D eigenvalue weighted by atomic mass is 10.2. The summed E-state index contributed by atoms with van der Waals surface area (Å²) >= 11 is 0. The monoisotopic (exact) mass is 214 g/mol. The van der Waals surface area contributed by atoms with Crippen molar-refractivity contribution in [2.24, 2.45) is 0 Å². The standard InChI is InChI=1S/C11H22N2O2/c1-7-9-13(8-2)12(6)10(14)15-11(3,4)5/h7H,1,8-9H2,2-6H3. The van der Waals surface area contributed by atoms with Gasteiger partial charge in [-0.25, -0.2) is 14.8 Å². The smallest absolute Gasteiger partial charge is 0.424 e. The number of hydrogen-bond donors (Lipinski definition) is 0. The summed E-state index contributed by atoms with van der Waals surface area (Å²) in [4.78, 5) is 11.7. The van der Waals surface area contributed by atoms with E-state index in [1.54, 1.807) is 13.1 Å². The molecule has 4 heteroatoms. The molecule has 0 rings (SSSR count). The lowest BCUT2D eigenvalue weighted by molar-refractivity contribution is -0.0304. The first-order valence-corrected chi connectivity index (χ1v) is 5.14. The molecule has 0 heterocycles. The Labute approximate surface area is 92.5 Å². The summed E-state index contributed by atoms with van der Waals surface area (Å²) in [6.07, 6.45) is 1.41. The molecule has 4 nitrogen and oxygen atoms in total. The molecule has 0 aromatic rings. The van der Waals surface area contributed by atoms with Crippen LogP contribution >= 0.6 is 0 Å². The number of carbonyl (C=O) groups excluding carboxylic acids is 1. The lowest BCUT2D eigenvalue weighted by Gasteiger charge is -2.31. The van der Waals surface area contributed by atoms with Gasteiger partial charge in [-0.3, -0.25) is 0 Å². The molecule has 0 unspecified atom stereocenters. The van der Waals surface area contributed by atoms with E-state index in [4.69, 9.17) is 4.74 Å². The van der Waals surface area contributed by atoms with E-state index in [9.17, 15) is 4.79 Å². The minimum Gasteiger partial charge on any atom is -0.443 e. The van der Waals surface area contributed by atoms with Gasteiger partial charge in [-0.1, -0.05) is 13.0 Å². The number of amides is 1. The highest BCUT2D eigenvalue weighted by molar-refractivity contribution is 5.67. The van der Waals surface area contributed by atoms with E-state index in [-0.39, 0.29) is 6.09 Å². The number of nitrogens with zero attached hydrogens (tertiary/aromatic N) is 2. The second-order valence-electron chi connectivity index (χ2n) is 4.30. The molecule has 0 aliphatic carbocycles. The van der Waals surface area contributed by atoms with Gasteiger partial charge in [-0.05, 0) is 20.8 Å². The average molecular weight is 214 g/mol. The molecule has 0 aromatic carbocycles. The van der Waals surface area contributed by atoms with Crippen LogP contribution in [0.2, 0.25) is 0 Å². The molecule has 0 radical (unpaired) electrons. The van der Waals surface area contributed by atoms with Crippen molar-refractivity contribution in [3.63, 3.8) is 0 Å². The maximum Gasteiger partial charge on any atom is 0.424 e. The van der Waals surface area contributed by atoms with Crippen LogP contribution in [-0.4, -0.2) is 41.8 Å². The first-order chi connectivity index (χ1) is 6.81. The highest BCUT2D eigenvalue weighted by Gasteiger charge is 2.22. The average Bonchev–Trinajstić information content (AvgIpc) is 2.10. The normalized spacial score (nSPS) is 11.3. The fourth-order valence-corrected chi connectivity index (χ4v) is 1.06. The summed E-state index contributed by atoms with van der Waals surface area (Å²) in [6.45, 7) is 12.5. The van der Waals surface area contributed by atoms with E-state index in [1.807, 2.05) is 32.7 Å². The Kier molecular flexibility index (Phi) is 5.36. The molecule has 0 fully saturated rings. The van der Waals surface area contributed by atoms with Crippen LogP contribution in [0.4, 0.5) is 4.79 Å². The Morgan fingerprint density at radius 1 is 1.47 bits per heavy atom. The van der Waals surface area contributed by atoms with Crippen molar-refractivity contribution in [2.45, 2.75) is 33.3 Å². The summed E-state index contributed by atoms with van der Waals surface area (Å²) in [5, 5.41) is 3.33. The van der Waals surface area contributed by atoms with Crippen molar-refractivity contribution in [1.82, 2.24) is 10.0 Å². The van der Waals surface area contributed by atoms with Gasteiger partial charge in [0.15, 0.2) is 0 Å². The van der Waals surface area contributed by atoms with E-state index in [1.165, 1.54) is 5.01 Å². The fourth-order valence-electron chi connectivity index (χ4n) is 1.06.